The molecule has 1 saturated heterocycles. The van der Waals surface area contributed by atoms with E-state index in [0.717, 1.165) is 28.6 Å². The van der Waals surface area contributed by atoms with Crippen molar-refractivity contribution < 1.29 is 12.9 Å². The molecule has 4 rings (SSSR count). The summed E-state index contributed by atoms with van der Waals surface area (Å²) in [6.45, 7) is 6.05. The van der Waals surface area contributed by atoms with Gasteiger partial charge in [-0.2, -0.15) is 13.9 Å². The number of fused-ring (bicyclic) bond motifs is 1. The Morgan fingerprint density at radius 2 is 1.88 bits per heavy atom. The zero-order valence-electron chi connectivity index (χ0n) is 14.1. The van der Waals surface area contributed by atoms with E-state index in [1.54, 1.807) is 18.4 Å². The number of aromatic nitrogens is 5. The molecule has 0 aliphatic carbocycles. The third kappa shape index (κ3) is 2.66. The van der Waals surface area contributed by atoms with Crippen molar-refractivity contribution >= 4 is 26.3 Å². The fraction of sp³-hybridized carbons (Fsp3) is 0.571. The maximum absolute atomic E-state index is 12.9. The second-order valence-electron chi connectivity index (χ2n) is 6.21. The van der Waals surface area contributed by atoms with Crippen LogP contribution in [0.15, 0.2) is 9.42 Å². The Hall–Kier alpha value is -1.85. The van der Waals surface area contributed by atoms with E-state index in [1.807, 2.05) is 6.92 Å². The summed E-state index contributed by atoms with van der Waals surface area (Å²) < 4.78 is 34.0. The van der Waals surface area contributed by atoms with E-state index in [9.17, 15) is 8.42 Å². The summed E-state index contributed by atoms with van der Waals surface area (Å²) in [6, 6.07) is 0. The first-order valence-corrected chi connectivity index (χ1v) is 10.3. The SMILES string of the molecule is Cc1noc(C)c1S(=O)(=O)N1CCC(c2nn3c(C)nnc3s2)CC1. The molecule has 11 heteroatoms. The average molecular weight is 382 g/mol. The predicted molar refractivity (Wildman–Crippen MR) is 90.1 cm³/mol. The molecule has 0 N–H and O–H groups in total. The van der Waals surface area contributed by atoms with Crippen molar-refractivity contribution in [3.63, 3.8) is 0 Å². The fourth-order valence-electron chi connectivity index (χ4n) is 3.21. The molecule has 3 aromatic rings. The monoisotopic (exact) mass is 382 g/mol. The summed E-state index contributed by atoms with van der Waals surface area (Å²) >= 11 is 1.52. The van der Waals surface area contributed by atoms with Crippen molar-refractivity contribution in [2.24, 2.45) is 0 Å². The van der Waals surface area contributed by atoms with E-state index in [2.05, 4.69) is 20.5 Å². The van der Waals surface area contributed by atoms with Gasteiger partial charge in [0.1, 0.15) is 15.6 Å². The molecule has 0 aromatic carbocycles. The normalized spacial score (nSPS) is 17.6. The lowest BCUT2D eigenvalue weighted by molar-refractivity contribution is 0.317. The molecule has 4 heterocycles. The molecule has 0 saturated carbocycles. The zero-order chi connectivity index (χ0) is 17.8. The van der Waals surface area contributed by atoms with Crippen LogP contribution >= 0.6 is 11.3 Å². The van der Waals surface area contributed by atoms with Crippen molar-refractivity contribution in [2.75, 3.05) is 13.1 Å². The molecule has 0 atom stereocenters. The Balaban J connectivity index is 1.53. The second kappa shape index (κ2) is 5.85. The molecule has 1 fully saturated rings. The van der Waals surface area contributed by atoms with Gasteiger partial charge < -0.3 is 4.52 Å². The van der Waals surface area contributed by atoms with Gasteiger partial charge in [0.05, 0.1) is 0 Å². The van der Waals surface area contributed by atoms with Gasteiger partial charge in [-0.1, -0.05) is 16.5 Å². The Bertz CT molecular complexity index is 1010. The summed E-state index contributed by atoms with van der Waals surface area (Å²) in [7, 11) is -3.57. The standard InChI is InChI=1S/C14H18N6O3S2/c1-8-12(9(2)23-18-8)25(21,22)19-6-4-11(5-7-19)13-17-20-10(3)15-16-14(20)24-13/h11H,4-7H2,1-3H3. The first-order chi connectivity index (χ1) is 11.9. The quantitative estimate of drug-likeness (QED) is 0.678. The van der Waals surface area contributed by atoms with Gasteiger partial charge in [-0.15, -0.1) is 10.2 Å². The summed E-state index contributed by atoms with van der Waals surface area (Å²) in [5.74, 6) is 1.34. The molecule has 0 amide bonds. The molecule has 1 aliphatic heterocycles. The van der Waals surface area contributed by atoms with Crippen LogP contribution in [0.3, 0.4) is 0 Å². The van der Waals surface area contributed by atoms with Gasteiger partial charge in [-0.25, -0.2) is 8.42 Å². The topological polar surface area (TPSA) is 106 Å². The number of nitrogens with zero attached hydrogens (tertiary/aromatic N) is 6. The molecule has 25 heavy (non-hydrogen) atoms. The van der Waals surface area contributed by atoms with Crippen LogP contribution in [0.5, 0.6) is 0 Å². The Morgan fingerprint density at radius 3 is 2.48 bits per heavy atom. The number of sulfonamides is 1. The highest BCUT2D eigenvalue weighted by Crippen LogP contribution is 2.34. The van der Waals surface area contributed by atoms with E-state index in [1.165, 1.54) is 15.6 Å². The van der Waals surface area contributed by atoms with Crippen LogP contribution in [0.2, 0.25) is 0 Å². The van der Waals surface area contributed by atoms with Crippen molar-refractivity contribution in [1.82, 2.24) is 29.3 Å². The van der Waals surface area contributed by atoms with Crippen molar-refractivity contribution in [1.29, 1.82) is 0 Å². The van der Waals surface area contributed by atoms with E-state index in [0.29, 0.717) is 24.5 Å². The zero-order valence-corrected chi connectivity index (χ0v) is 15.8. The molecular weight excluding hydrogens is 364 g/mol. The van der Waals surface area contributed by atoms with Gasteiger partial charge in [0, 0.05) is 19.0 Å². The smallest absolute Gasteiger partial charge is 0.248 e. The second-order valence-corrected chi connectivity index (χ2v) is 9.08. The molecule has 9 nitrogen and oxygen atoms in total. The first kappa shape index (κ1) is 16.6. The lowest BCUT2D eigenvalue weighted by Gasteiger charge is -2.29. The highest BCUT2D eigenvalue weighted by atomic mass is 32.2. The fourth-order valence-corrected chi connectivity index (χ4v) is 6.02. The Kier molecular flexibility index (Phi) is 3.89. The molecule has 1 aliphatic rings. The van der Waals surface area contributed by atoms with Crippen LogP contribution in [-0.2, 0) is 10.0 Å². The van der Waals surface area contributed by atoms with Gasteiger partial charge in [0.15, 0.2) is 11.6 Å². The summed E-state index contributed by atoms with van der Waals surface area (Å²) in [5, 5.41) is 17.4. The van der Waals surface area contributed by atoms with Crippen LogP contribution in [0, 0.1) is 20.8 Å². The minimum Gasteiger partial charge on any atom is -0.360 e. The van der Waals surface area contributed by atoms with Crippen molar-refractivity contribution in [3.05, 3.63) is 22.3 Å². The number of rotatable bonds is 3. The highest BCUT2D eigenvalue weighted by Gasteiger charge is 2.35. The minimum atomic E-state index is -3.57. The maximum atomic E-state index is 12.9. The van der Waals surface area contributed by atoms with Crippen molar-refractivity contribution in [2.45, 2.75) is 44.4 Å². The Morgan fingerprint density at radius 1 is 1.16 bits per heavy atom. The highest BCUT2D eigenvalue weighted by molar-refractivity contribution is 7.89. The lowest BCUT2D eigenvalue weighted by Crippen LogP contribution is -2.38. The van der Waals surface area contributed by atoms with Gasteiger partial charge in [-0.05, 0) is 33.6 Å². The van der Waals surface area contributed by atoms with Crippen molar-refractivity contribution in [3.8, 4) is 0 Å². The summed E-state index contributed by atoms with van der Waals surface area (Å²) in [6.07, 6.45) is 1.46. The Labute approximate surface area is 148 Å². The lowest BCUT2D eigenvalue weighted by atomic mass is 9.99. The largest absolute Gasteiger partial charge is 0.360 e. The number of aryl methyl sites for hydroxylation is 3. The van der Waals surface area contributed by atoms with E-state index in [-0.39, 0.29) is 10.8 Å². The van der Waals surface area contributed by atoms with E-state index in [4.69, 9.17) is 4.52 Å². The molecule has 0 bridgehead atoms. The third-order valence-corrected chi connectivity index (χ3v) is 7.74. The van der Waals surface area contributed by atoms with Crippen LogP contribution in [0.4, 0.5) is 0 Å². The maximum Gasteiger partial charge on any atom is 0.248 e. The minimum absolute atomic E-state index is 0.195. The molecular formula is C14H18N6O3S2. The number of piperidine rings is 1. The average Bonchev–Trinajstić information content (AvgIpc) is 3.25. The summed E-state index contributed by atoms with van der Waals surface area (Å²) in [5.41, 5.74) is 0.406. The van der Waals surface area contributed by atoms with Gasteiger partial charge in [-0.3, -0.25) is 0 Å². The number of hydrogen-bond donors (Lipinski definition) is 0. The van der Waals surface area contributed by atoms with E-state index >= 15 is 0 Å². The van der Waals surface area contributed by atoms with Gasteiger partial charge in [0.25, 0.3) is 0 Å². The molecule has 134 valence electrons. The number of hydrogen-bond acceptors (Lipinski definition) is 8. The van der Waals surface area contributed by atoms with Crippen LogP contribution in [0.1, 0.15) is 41.0 Å². The van der Waals surface area contributed by atoms with E-state index < -0.39 is 10.0 Å². The predicted octanol–water partition coefficient (Wildman–Crippen LogP) is 1.67. The van der Waals surface area contributed by atoms with Gasteiger partial charge >= 0.3 is 0 Å². The molecule has 0 radical (unpaired) electrons. The van der Waals surface area contributed by atoms with Crippen LogP contribution < -0.4 is 0 Å². The molecule has 0 unspecified atom stereocenters. The molecule has 0 spiro atoms. The summed E-state index contributed by atoms with van der Waals surface area (Å²) in [4.78, 5) is 0.971. The third-order valence-electron chi connectivity index (χ3n) is 4.53. The van der Waals surface area contributed by atoms with Crippen LogP contribution in [-0.4, -0.2) is 50.8 Å². The first-order valence-electron chi connectivity index (χ1n) is 7.99. The molecule has 3 aromatic heterocycles. The van der Waals surface area contributed by atoms with Gasteiger partial charge in [0.2, 0.25) is 15.0 Å². The van der Waals surface area contributed by atoms with Crippen LogP contribution in [0.25, 0.3) is 4.96 Å².